The van der Waals surface area contributed by atoms with Gasteiger partial charge in [-0.05, 0) is 44.2 Å². The van der Waals surface area contributed by atoms with Gasteiger partial charge in [0.1, 0.15) is 10.9 Å². The molecule has 0 spiro atoms. The first-order valence-corrected chi connectivity index (χ1v) is 10.6. The first-order valence-electron chi connectivity index (χ1n) is 9.81. The number of aromatic nitrogens is 3. The minimum Gasteiger partial charge on any atom is -0.493 e. The van der Waals surface area contributed by atoms with Gasteiger partial charge in [0, 0.05) is 10.3 Å². The largest absolute Gasteiger partial charge is 0.493 e. The molecule has 1 aromatic carbocycles. The fraction of sp³-hybridized carbons (Fsp3) is 0.286. The number of aromatic amines is 1. The normalized spacial score (nSPS) is 15.1. The highest BCUT2D eigenvalue weighted by Gasteiger charge is 2.23. The first kappa shape index (κ1) is 18.7. The van der Waals surface area contributed by atoms with Gasteiger partial charge < -0.3 is 10.1 Å². The average molecular weight is 421 g/mol. The summed E-state index contributed by atoms with van der Waals surface area (Å²) in [6.07, 6.45) is 5.45. The molecule has 0 radical (unpaired) electrons. The summed E-state index contributed by atoms with van der Waals surface area (Å²) < 4.78 is 1.32. The lowest BCUT2D eigenvalue weighted by atomic mass is 9.97. The number of benzene rings is 1. The number of carbonyl (C=O) groups excluding carboxylic acids is 1. The molecule has 0 fully saturated rings. The quantitative estimate of drug-likeness (QED) is 0.478. The van der Waals surface area contributed by atoms with Crippen molar-refractivity contribution in [2.24, 2.45) is 10.2 Å². The second-order valence-corrected chi connectivity index (χ2v) is 8.51. The van der Waals surface area contributed by atoms with Crippen LogP contribution in [0, 0.1) is 0 Å². The molecule has 1 aliphatic rings. The average Bonchev–Trinajstić information content (AvgIpc) is 3.29. The van der Waals surface area contributed by atoms with Gasteiger partial charge in [-0.1, -0.05) is 18.2 Å². The van der Waals surface area contributed by atoms with E-state index in [-0.39, 0.29) is 17.1 Å². The Bertz CT molecular complexity index is 1380. The summed E-state index contributed by atoms with van der Waals surface area (Å²) in [5.74, 6) is -0.752. The third kappa shape index (κ3) is 2.93. The van der Waals surface area contributed by atoms with Crippen molar-refractivity contribution in [2.75, 3.05) is 0 Å². The molecule has 0 aliphatic heterocycles. The van der Waals surface area contributed by atoms with E-state index in [1.807, 2.05) is 6.07 Å². The summed E-state index contributed by atoms with van der Waals surface area (Å²) >= 11 is 1.57. The third-order valence-electron chi connectivity index (χ3n) is 5.58. The Labute approximate surface area is 174 Å². The van der Waals surface area contributed by atoms with Crippen LogP contribution in [0.25, 0.3) is 21.1 Å². The molecule has 9 heteroatoms. The molecular weight excluding hydrogens is 402 g/mol. The third-order valence-corrected chi connectivity index (χ3v) is 6.78. The van der Waals surface area contributed by atoms with Gasteiger partial charge in [-0.2, -0.15) is 0 Å². The number of H-pyrrole nitrogens is 1. The van der Waals surface area contributed by atoms with Gasteiger partial charge in [0.2, 0.25) is 5.88 Å². The molecule has 1 aliphatic carbocycles. The molecule has 1 unspecified atom stereocenters. The van der Waals surface area contributed by atoms with Gasteiger partial charge in [0.05, 0.1) is 17.2 Å². The van der Waals surface area contributed by atoms with Crippen molar-refractivity contribution in [3.05, 3.63) is 51.4 Å². The van der Waals surface area contributed by atoms with Crippen LogP contribution in [-0.4, -0.2) is 25.5 Å². The lowest BCUT2D eigenvalue weighted by Gasteiger charge is -2.12. The molecular formula is C21H19N5O3S. The first-order chi connectivity index (χ1) is 14.5. The van der Waals surface area contributed by atoms with Crippen molar-refractivity contribution in [2.45, 2.75) is 38.6 Å². The minimum absolute atomic E-state index is 0.162. The molecule has 0 saturated heterocycles. The Morgan fingerprint density at radius 3 is 2.97 bits per heavy atom. The number of hydrogen-bond acceptors (Lipinski definition) is 6. The van der Waals surface area contributed by atoms with E-state index in [0.29, 0.717) is 16.3 Å². The molecule has 4 aromatic rings. The van der Waals surface area contributed by atoms with Crippen LogP contribution in [0.3, 0.4) is 0 Å². The van der Waals surface area contributed by atoms with E-state index < -0.39 is 11.9 Å². The second kappa shape index (κ2) is 7.17. The SMILES string of the molecule is CC(C(=O)N=Nc1c(O)[nH]c2ccccc12)n1cnc2sc3c(c2c1=O)CCCC3. The van der Waals surface area contributed by atoms with Crippen LogP contribution in [0.15, 0.2) is 45.6 Å². The fourth-order valence-corrected chi connectivity index (χ4v) is 5.17. The van der Waals surface area contributed by atoms with Crippen molar-refractivity contribution in [3.63, 3.8) is 0 Å². The van der Waals surface area contributed by atoms with Gasteiger partial charge >= 0.3 is 0 Å². The molecule has 1 amide bonds. The number of fused-ring (bicyclic) bond motifs is 4. The van der Waals surface area contributed by atoms with Crippen molar-refractivity contribution >= 4 is 44.1 Å². The van der Waals surface area contributed by atoms with E-state index in [9.17, 15) is 14.7 Å². The molecule has 8 nitrogen and oxygen atoms in total. The number of aromatic hydroxyl groups is 1. The lowest BCUT2D eigenvalue weighted by Crippen LogP contribution is -2.27. The van der Waals surface area contributed by atoms with Crippen LogP contribution < -0.4 is 5.56 Å². The van der Waals surface area contributed by atoms with Gasteiger partial charge in [-0.25, -0.2) is 4.98 Å². The zero-order valence-corrected chi connectivity index (χ0v) is 17.1. The number of nitrogens with zero attached hydrogens (tertiary/aromatic N) is 4. The van der Waals surface area contributed by atoms with Gasteiger partial charge in [-0.15, -0.1) is 21.6 Å². The molecule has 3 heterocycles. The van der Waals surface area contributed by atoms with E-state index in [4.69, 9.17) is 0 Å². The summed E-state index contributed by atoms with van der Waals surface area (Å²) in [5.41, 5.74) is 1.75. The van der Waals surface area contributed by atoms with E-state index in [2.05, 4.69) is 20.2 Å². The molecule has 3 aromatic heterocycles. The van der Waals surface area contributed by atoms with Crippen molar-refractivity contribution in [1.29, 1.82) is 0 Å². The molecule has 1 atom stereocenters. The lowest BCUT2D eigenvalue weighted by molar-refractivity contribution is -0.121. The van der Waals surface area contributed by atoms with Crippen LogP contribution in [0.5, 0.6) is 5.88 Å². The van der Waals surface area contributed by atoms with E-state index >= 15 is 0 Å². The van der Waals surface area contributed by atoms with Crippen molar-refractivity contribution < 1.29 is 9.90 Å². The number of hydrogen-bond donors (Lipinski definition) is 2. The number of aryl methyl sites for hydroxylation is 2. The number of para-hydroxylation sites is 1. The van der Waals surface area contributed by atoms with Gasteiger partial charge in [-0.3, -0.25) is 14.2 Å². The van der Waals surface area contributed by atoms with Crippen molar-refractivity contribution in [1.82, 2.24) is 14.5 Å². The number of nitrogens with one attached hydrogen (secondary N) is 1. The maximum atomic E-state index is 13.1. The van der Waals surface area contributed by atoms with E-state index in [0.717, 1.165) is 36.1 Å². The summed E-state index contributed by atoms with van der Waals surface area (Å²) in [6, 6.07) is 6.34. The molecule has 2 N–H and O–H groups in total. The summed E-state index contributed by atoms with van der Waals surface area (Å²) in [5, 5.41) is 19.1. The Hall–Kier alpha value is -3.33. The Morgan fingerprint density at radius 1 is 1.30 bits per heavy atom. The monoisotopic (exact) mass is 421 g/mol. The summed E-state index contributed by atoms with van der Waals surface area (Å²) in [4.78, 5) is 35.0. The highest BCUT2D eigenvalue weighted by molar-refractivity contribution is 7.18. The molecule has 30 heavy (non-hydrogen) atoms. The molecule has 152 valence electrons. The summed E-state index contributed by atoms with van der Waals surface area (Å²) in [6.45, 7) is 1.60. The predicted molar refractivity (Wildman–Crippen MR) is 115 cm³/mol. The Balaban J connectivity index is 1.49. The number of carbonyl (C=O) groups is 1. The standard InChI is InChI=1S/C21H19N5O3S/c1-11(18(27)25-24-17-12-6-2-4-8-14(12)23-19(17)28)26-10-22-20-16(21(26)29)13-7-3-5-9-15(13)30-20/h2,4,6,8,10-11,23,28H,3,5,7,9H2,1H3. The topological polar surface area (TPSA) is 113 Å². The Kier molecular flexibility index (Phi) is 4.47. The smallest absolute Gasteiger partial charge is 0.287 e. The second-order valence-electron chi connectivity index (χ2n) is 7.43. The fourth-order valence-electron chi connectivity index (χ4n) is 3.95. The van der Waals surface area contributed by atoms with Gasteiger partial charge in [0.25, 0.3) is 11.5 Å². The number of azo groups is 1. The minimum atomic E-state index is -0.857. The van der Waals surface area contributed by atoms with E-state index in [1.54, 1.807) is 36.5 Å². The predicted octanol–water partition coefficient (Wildman–Crippen LogP) is 4.40. The molecule has 0 bridgehead atoms. The zero-order chi connectivity index (χ0) is 20.8. The van der Waals surface area contributed by atoms with Crippen LogP contribution in [0.2, 0.25) is 0 Å². The Morgan fingerprint density at radius 2 is 2.10 bits per heavy atom. The van der Waals surface area contributed by atoms with Gasteiger partial charge in [0.15, 0.2) is 5.69 Å². The van der Waals surface area contributed by atoms with Crippen LogP contribution >= 0.6 is 11.3 Å². The van der Waals surface area contributed by atoms with Crippen molar-refractivity contribution in [3.8, 4) is 5.88 Å². The number of rotatable bonds is 3. The maximum Gasteiger partial charge on any atom is 0.287 e. The zero-order valence-electron chi connectivity index (χ0n) is 16.3. The van der Waals surface area contributed by atoms with Crippen LogP contribution in [0.4, 0.5) is 5.69 Å². The highest BCUT2D eigenvalue weighted by atomic mass is 32.1. The summed E-state index contributed by atoms with van der Waals surface area (Å²) in [7, 11) is 0. The van der Waals surface area contributed by atoms with Crippen LogP contribution in [-0.2, 0) is 17.6 Å². The number of thiophene rings is 1. The number of amides is 1. The van der Waals surface area contributed by atoms with E-state index in [1.165, 1.54) is 15.8 Å². The molecule has 0 saturated carbocycles. The molecule has 5 rings (SSSR count). The van der Waals surface area contributed by atoms with Crippen LogP contribution in [0.1, 0.15) is 36.2 Å². The maximum absolute atomic E-state index is 13.1. The highest BCUT2D eigenvalue weighted by Crippen LogP contribution is 2.36.